The van der Waals surface area contributed by atoms with Crippen LogP contribution in [0, 0.1) is 11.8 Å². The average Bonchev–Trinajstić information content (AvgIpc) is 2.76. The highest BCUT2D eigenvalue weighted by atomic mass is 16.5. The molecule has 0 saturated heterocycles. The summed E-state index contributed by atoms with van der Waals surface area (Å²) in [5, 5.41) is 5.57. The number of nitrogens with zero attached hydrogens (tertiary/aromatic N) is 2. The Kier molecular flexibility index (Phi) is 8.99. The minimum atomic E-state index is -0.334. The van der Waals surface area contributed by atoms with Gasteiger partial charge in [0, 0.05) is 56.9 Å². The maximum Gasteiger partial charge on any atom is 0.319 e. The molecule has 1 aliphatic heterocycles. The Bertz CT molecular complexity index is 917. The molecule has 1 aromatic rings. The highest BCUT2D eigenvalue weighted by molar-refractivity contribution is 5.98. The lowest BCUT2D eigenvalue weighted by molar-refractivity contribution is -0.142. The first kappa shape index (κ1) is 26.8. The van der Waals surface area contributed by atoms with Crippen LogP contribution in [-0.4, -0.2) is 79.7 Å². The Morgan fingerprint density at radius 3 is 2.49 bits per heavy atom. The molecule has 0 aromatic heterocycles. The fourth-order valence-corrected chi connectivity index (χ4v) is 4.48. The van der Waals surface area contributed by atoms with E-state index in [-0.39, 0.29) is 54.5 Å². The Hall–Kier alpha value is -2.81. The summed E-state index contributed by atoms with van der Waals surface area (Å²) in [5.41, 5.74) is 0.914. The van der Waals surface area contributed by atoms with Gasteiger partial charge in [0.25, 0.3) is 5.91 Å². The second-order valence-corrected chi connectivity index (χ2v) is 10.2. The van der Waals surface area contributed by atoms with Crippen LogP contribution < -0.4 is 15.4 Å². The zero-order valence-corrected chi connectivity index (χ0v) is 21.8. The minimum absolute atomic E-state index is 0.0121. The van der Waals surface area contributed by atoms with Gasteiger partial charge in [-0.15, -0.1) is 0 Å². The maximum absolute atomic E-state index is 13.3. The van der Waals surface area contributed by atoms with E-state index in [1.807, 2.05) is 25.7 Å². The van der Waals surface area contributed by atoms with Crippen LogP contribution in [0.5, 0.6) is 5.75 Å². The molecule has 0 unspecified atom stereocenters. The summed E-state index contributed by atoms with van der Waals surface area (Å²) in [6.07, 6.45) is 2.72. The van der Waals surface area contributed by atoms with E-state index in [0.29, 0.717) is 30.1 Å². The van der Waals surface area contributed by atoms with E-state index >= 15 is 0 Å². The lowest BCUT2D eigenvalue weighted by Crippen LogP contribution is -2.51. The summed E-state index contributed by atoms with van der Waals surface area (Å²) >= 11 is 0. The number of hydrogen-bond acceptors (Lipinski definition) is 5. The van der Waals surface area contributed by atoms with E-state index in [1.165, 1.54) is 0 Å². The topological polar surface area (TPSA) is 100 Å². The summed E-state index contributed by atoms with van der Waals surface area (Å²) in [5.74, 6) is 0.450. The first-order valence-corrected chi connectivity index (χ1v) is 12.5. The number of fused-ring (bicyclic) bond motifs is 1. The predicted octanol–water partition coefficient (Wildman–Crippen LogP) is 3.35. The Balaban J connectivity index is 1.91. The number of anilines is 1. The van der Waals surface area contributed by atoms with Crippen molar-refractivity contribution in [3.05, 3.63) is 23.8 Å². The van der Waals surface area contributed by atoms with Crippen molar-refractivity contribution in [2.45, 2.75) is 65.1 Å². The summed E-state index contributed by atoms with van der Waals surface area (Å²) < 4.78 is 11.9. The van der Waals surface area contributed by atoms with Crippen molar-refractivity contribution in [1.29, 1.82) is 0 Å². The van der Waals surface area contributed by atoms with Gasteiger partial charge in [0.15, 0.2) is 0 Å². The fourth-order valence-electron chi connectivity index (χ4n) is 4.48. The van der Waals surface area contributed by atoms with Crippen LogP contribution in [0.25, 0.3) is 0 Å². The largest absolute Gasteiger partial charge is 0.491 e. The monoisotopic (exact) mass is 488 g/mol. The van der Waals surface area contributed by atoms with E-state index < -0.39 is 0 Å². The second-order valence-electron chi connectivity index (χ2n) is 10.2. The number of ether oxygens (including phenoxy) is 2. The van der Waals surface area contributed by atoms with E-state index in [0.717, 1.165) is 19.3 Å². The number of methoxy groups -OCH3 is 1. The van der Waals surface area contributed by atoms with Gasteiger partial charge in [0.2, 0.25) is 5.91 Å². The summed E-state index contributed by atoms with van der Waals surface area (Å²) in [6.45, 7) is 8.93. The highest BCUT2D eigenvalue weighted by Crippen LogP contribution is 2.31. The number of amides is 4. The van der Waals surface area contributed by atoms with Gasteiger partial charge in [0.05, 0.1) is 17.7 Å². The van der Waals surface area contributed by atoms with Gasteiger partial charge in [-0.25, -0.2) is 4.79 Å². The van der Waals surface area contributed by atoms with Crippen molar-refractivity contribution in [3.8, 4) is 5.75 Å². The molecule has 0 bridgehead atoms. The van der Waals surface area contributed by atoms with E-state index in [1.54, 1.807) is 37.3 Å². The van der Waals surface area contributed by atoms with Gasteiger partial charge < -0.3 is 29.9 Å². The number of benzene rings is 1. The standard InChI is InChI=1S/C26H40N4O5/c1-16(2)27-26(33)28-20-10-11-21-22(12-20)35-15-18(4)30(24(31)19-8-7-9-19)13-17(3)23(34-6)14-29(5)25(21)32/h10-12,16-19,23H,7-9,13-15H2,1-6H3,(H2,27,28,33)/t17-,18+,23-/m0/s1. The summed E-state index contributed by atoms with van der Waals surface area (Å²) in [4.78, 5) is 42.3. The molecular formula is C26H40N4O5. The summed E-state index contributed by atoms with van der Waals surface area (Å²) in [6, 6.07) is 4.47. The van der Waals surface area contributed by atoms with Crippen molar-refractivity contribution in [1.82, 2.24) is 15.1 Å². The lowest BCUT2D eigenvalue weighted by atomic mass is 9.83. The number of rotatable bonds is 4. The molecule has 9 nitrogen and oxygen atoms in total. The molecule has 2 aliphatic rings. The SMILES string of the molecule is CO[C@H]1CN(C)C(=O)c2ccc(NC(=O)NC(C)C)cc2OC[C@@H](C)N(C(=O)C2CCC2)C[C@@H]1C. The number of carbonyl (C=O) groups excluding carboxylic acids is 3. The normalized spacial score (nSPS) is 24.0. The second kappa shape index (κ2) is 11.7. The van der Waals surface area contributed by atoms with Gasteiger partial charge in [-0.1, -0.05) is 13.3 Å². The first-order valence-electron chi connectivity index (χ1n) is 12.5. The van der Waals surface area contributed by atoms with Crippen LogP contribution in [0.2, 0.25) is 0 Å². The summed E-state index contributed by atoms with van der Waals surface area (Å²) in [7, 11) is 3.38. The van der Waals surface area contributed by atoms with Crippen molar-refractivity contribution in [3.63, 3.8) is 0 Å². The number of carbonyl (C=O) groups is 3. The van der Waals surface area contributed by atoms with E-state index in [2.05, 4.69) is 17.6 Å². The van der Waals surface area contributed by atoms with Crippen LogP contribution in [-0.2, 0) is 9.53 Å². The van der Waals surface area contributed by atoms with Gasteiger partial charge in [-0.3, -0.25) is 9.59 Å². The number of likely N-dealkylation sites (N-methyl/N-ethyl adjacent to an activating group) is 1. The third kappa shape index (κ3) is 6.66. The first-order chi connectivity index (χ1) is 16.6. The molecule has 1 aliphatic carbocycles. The molecule has 1 aromatic carbocycles. The van der Waals surface area contributed by atoms with Crippen LogP contribution in [0.4, 0.5) is 10.5 Å². The van der Waals surface area contributed by atoms with Crippen molar-refractivity contribution in [2.24, 2.45) is 11.8 Å². The quantitative estimate of drug-likeness (QED) is 0.677. The van der Waals surface area contributed by atoms with Crippen LogP contribution in [0.15, 0.2) is 18.2 Å². The number of hydrogen-bond donors (Lipinski definition) is 2. The molecule has 1 heterocycles. The third-order valence-corrected chi connectivity index (χ3v) is 6.86. The number of urea groups is 1. The smallest absolute Gasteiger partial charge is 0.319 e. The molecule has 4 amide bonds. The minimum Gasteiger partial charge on any atom is -0.491 e. The Labute approximate surface area is 208 Å². The Morgan fingerprint density at radius 2 is 1.89 bits per heavy atom. The molecular weight excluding hydrogens is 448 g/mol. The maximum atomic E-state index is 13.3. The molecule has 194 valence electrons. The molecule has 0 radical (unpaired) electrons. The van der Waals surface area contributed by atoms with Gasteiger partial charge in [0.1, 0.15) is 12.4 Å². The van der Waals surface area contributed by atoms with E-state index in [4.69, 9.17) is 9.47 Å². The number of nitrogens with one attached hydrogen (secondary N) is 2. The lowest BCUT2D eigenvalue weighted by Gasteiger charge is -2.39. The molecule has 35 heavy (non-hydrogen) atoms. The van der Waals surface area contributed by atoms with Gasteiger partial charge >= 0.3 is 6.03 Å². The van der Waals surface area contributed by atoms with E-state index in [9.17, 15) is 14.4 Å². The highest BCUT2D eigenvalue weighted by Gasteiger charge is 2.35. The van der Waals surface area contributed by atoms with Crippen molar-refractivity contribution >= 4 is 23.5 Å². The molecule has 2 N–H and O–H groups in total. The van der Waals surface area contributed by atoms with Crippen molar-refractivity contribution < 1.29 is 23.9 Å². The Morgan fingerprint density at radius 1 is 1.17 bits per heavy atom. The zero-order valence-electron chi connectivity index (χ0n) is 21.8. The molecule has 3 atom stereocenters. The van der Waals surface area contributed by atoms with Crippen LogP contribution >= 0.6 is 0 Å². The van der Waals surface area contributed by atoms with Gasteiger partial charge in [-0.05, 0) is 45.7 Å². The molecule has 1 saturated carbocycles. The van der Waals surface area contributed by atoms with Crippen LogP contribution in [0.1, 0.15) is 57.3 Å². The van der Waals surface area contributed by atoms with Gasteiger partial charge in [-0.2, -0.15) is 0 Å². The predicted molar refractivity (Wildman–Crippen MR) is 135 cm³/mol. The van der Waals surface area contributed by atoms with Crippen LogP contribution in [0.3, 0.4) is 0 Å². The zero-order chi connectivity index (χ0) is 25.7. The molecule has 9 heteroatoms. The van der Waals surface area contributed by atoms with Crippen molar-refractivity contribution in [2.75, 3.05) is 39.2 Å². The third-order valence-electron chi connectivity index (χ3n) is 6.86. The fraction of sp³-hybridized carbons (Fsp3) is 0.654. The molecule has 3 rings (SSSR count). The molecule has 0 spiro atoms. The molecule has 1 fully saturated rings. The average molecular weight is 489 g/mol.